The lowest BCUT2D eigenvalue weighted by atomic mass is 9.87. The Balaban J connectivity index is 1.51. The monoisotopic (exact) mass is 515 g/mol. The van der Waals surface area contributed by atoms with Gasteiger partial charge in [0, 0.05) is 16.8 Å². The molecule has 1 amide bonds. The number of hydrazone groups is 1. The van der Waals surface area contributed by atoms with Crippen molar-refractivity contribution in [1.29, 1.82) is 0 Å². The number of thioether (sulfide) groups is 1. The van der Waals surface area contributed by atoms with Gasteiger partial charge in [0.15, 0.2) is 22.5 Å². The number of nitrogens with one attached hydrogen (secondary N) is 1. The highest BCUT2D eigenvalue weighted by atomic mass is 32.2. The smallest absolute Gasteiger partial charge is 0.250 e. The standard InChI is InChI=1S/C28H29N5O3S/c1-28(2,3)21-15-13-19(14-16-21)26-31-32-27(33(26)22-10-6-5-7-11-22)37-18-24(34)30-29-17-20-9-8-12-23(36-4)25(20)35/h5-17,35H,18H2,1-4H3,(H,30,34)/b29-17+. The maximum Gasteiger partial charge on any atom is 0.250 e. The fourth-order valence-electron chi connectivity index (χ4n) is 3.62. The summed E-state index contributed by atoms with van der Waals surface area (Å²) in [7, 11) is 1.47. The quantitative estimate of drug-likeness (QED) is 0.190. The van der Waals surface area contributed by atoms with Crippen LogP contribution in [-0.4, -0.2) is 44.9 Å². The van der Waals surface area contributed by atoms with E-state index in [0.29, 0.717) is 22.3 Å². The van der Waals surface area contributed by atoms with Gasteiger partial charge >= 0.3 is 0 Å². The van der Waals surface area contributed by atoms with E-state index in [9.17, 15) is 9.90 Å². The van der Waals surface area contributed by atoms with Crippen LogP contribution in [0.5, 0.6) is 11.5 Å². The molecule has 37 heavy (non-hydrogen) atoms. The van der Waals surface area contributed by atoms with Gasteiger partial charge in [-0.05, 0) is 35.2 Å². The van der Waals surface area contributed by atoms with Crippen LogP contribution in [0.4, 0.5) is 0 Å². The Morgan fingerprint density at radius 2 is 1.78 bits per heavy atom. The number of methoxy groups -OCH3 is 1. The zero-order valence-electron chi connectivity index (χ0n) is 21.2. The minimum absolute atomic E-state index is 0.0450. The van der Waals surface area contributed by atoms with Crippen LogP contribution in [0.25, 0.3) is 17.1 Å². The van der Waals surface area contributed by atoms with Crippen molar-refractivity contribution in [3.05, 3.63) is 83.9 Å². The summed E-state index contributed by atoms with van der Waals surface area (Å²) >= 11 is 1.26. The number of aromatic nitrogens is 3. The highest BCUT2D eigenvalue weighted by Gasteiger charge is 2.19. The molecule has 0 aliphatic carbocycles. The zero-order chi connectivity index (χ0) is 26.4. The Labute approximate surface area is 220 Å². The highest BCUT2D eigenvalue weighted by molar-refractivity contribution is 7.99. The molecule has 0 bridgehead atoms. The van der Waals surface area contributed by atoms with Crippen LogP contribution < -0.4 is 10.2 Å². The molecule has 1 aromatic heterocycles. The molecular weight excluding hydrogens is 486 g/mol. The van der Waals surface area contributed by atoms with Crippen molar-refractivity contribution >= 4 is 23.9 Å². The average Bonchev–Trinajstić information content (AvgIpc) is 3.32. The molecule has 190 valence electrons. The molecule has 9 heteroatoms. The van der Waals surface area contributed by atoms with Gasteiger partial charge in [-0.1, -0.05) is 81.1 Å². The number of carbonyl (C=O) groups is 1. The summed E-state index contributed by atoms with van der Waals surface area (Å²) in [6, 6.07) is 23.1. The first-order valence-electron chi connectivity index (χ1n) is 11.7. The number of amides is 1. The number of hydrogen-bond donors (Lipinski definition) is 2. The van der Waals surface area contributed by atoms with Crippen molar-refractivity contribution in [3.63, 3.8) is 0 Å². The van der Waals surface area contributed by atoms with E-state index in [1.165, 1.54) is 30.6 Å². The minimum atomic E-state index is -0.317. The predicted molar refractivity (Wildman–Crippen MR) is 147 cm³/mol. The number of benzene rings is 3. The summed E-state index contributed by atoms with van der Waals surface area (Å²) in [5.74, 6) is 0.741. The van der Waals surface area contributed by atoms with E-state index in [1.54, 1.807) is 18.2 Å². The number of ether oxygens (including phenoxy) is 1. The molecule has 0 aliphatic heterocycles. The van der Waals surface area contributed by atoms with Gasteiger partial charge in [0.25, 0.3) is 5.91 Å². The third kappa shape index (κ3) is 6.18. The molecule has 1 heterocycles. The summed E-state index contributed by atoms with van der Waals surface area (Å²) in [4.78, 5) is 12.5. The topological polar surface area (TPSA) is 102 Å². The van der Waals surface area contributed by atoms with Crippen molar-refractivity contribution < 1.29 is 14.6 Å². The van der Waals surface area contributed by atoms with E-state index in [-0.39, 0.29) is 22.8 Å². The Bertz CT molecular complexity index is 1390. The Kier molecular flexibility index (Phi) is 7.93. The first-order valence-corrected chi connectivity index (χ1v) is 12.7. The second-order valence-electron chi connectivity index (χ2n) is 9.28. The summed E-state index contributed by atoms with van der Waals surface area (Å²) in [5, 5.41) is 23.5. The lowest BCUT2D eigenvalue weighted by Crippen LogP contribution is -2.20. The number of hydrogen-bond acceptors (Lipinski definition) is 7. The van der Waals surface area contributed by atoms with Crippen LogP contribution in [-0.2, 0) is 10.2 Å². The summed E-state index contributed by atoms with van der Waals surface area (Å²) in [6.07, 6.45) is 1.37. The number of para-hydroxylation sites is 2. The van der Waals surface area contributed by atoms with Crippen LogP contribution in [0.1, 0.15) is 31.9 Å². The molecule has 0 saturated heterocycles. The van der Waals surface area contributed by atoms with E-state index < -0.39 is 0 Å². The first-order chi connectivity index (χ1) is 17.8. The van der Waals surface area contributed by atoms with E-state index >= 15 is 0 Å². The number of phenolic OH excluding ortho intramolecular Hbond substituents is 1. The maximum atomic E-state index is 12.5. The van der Waals surface area contributed by atoms with Crippen molar-refractivity contribution in [2.24, 2.45) is 5.10 Å². The third-order valence-corrected chi connectivity index (χ3v) is 6.56. The molecule has 3 aromatic carbocycles. The largest absolute Gasteiger partial charge is 0.504 e. The molecule has 0 atom stereocenters. The highest BCUT2D eigenvalue weighted by Crippen LogP contribution is 2.30. The van der Waals surface area contributed by atoms with E-state index in [2.05, 4.69) is 53.6 Å². The number of phenols is 1. The number of aromatic hydroxyl groups is 1. The van der Waals surface area contributed by atoms with E-state index in [4.69, 9.17) is 4.74 Å². The molecule has 0 unspecified atom stereocenters. The van der Waals surface area contributed by atoms with Gasteiger partial charge in [-0.3, -0.25) is 9.36 Å². The molecule has 0 saturated carbocycles. The Morgan fingerprint density at radius 3 is 2.46 bits per heavy atom. The average molecular weight is 516 g/mol. The van der Waals surface area contributed by atoms with Crippen LogP contribution in [0.3, 0.4) is 0 Å². The molecule has 4 aromatic rings. The van der Waals surface area contributed by atoms with Crippen LogP contribution >= 0.6 is 11.8 Å². The minimum Gasteiger partial charge on any atom is -0.504 e. The number of carbonyl (C=O) groups excluding carboxylic acids is 1. The summed E-state index contributed by atoms with van der Waals surface area (Å²) in [5.41, 5.74) is 6.03. The van der Waals surface area contributed by atoms with Crippen molar-refractivity contribution in [2.45, 2.75) is 31.3 Å². The van der Waals surface area contributed by atoms with E-state index in [1.807, 2.05) is 47.0 Å². The van der Waals surface area contributed by atoms with Crippen molar-refractivity contribution in [1.82, 2.24) is 20.2 Å². The molecule has 0 aliphatic rings. The molecule has 0 radical (unpaired) electrons. The van der Waals surface area contributed by atoms with Gasteiger partial charge in [-0.15, -0.1) is 10.2 Å². The maximum absolute atomic E-state index is 12.5. The van der Waals surface area contributed by atoms with Gasteiger partial charge in [0.1, 0.15) is 0 Å². The van der Waals surface area contributed by atoms with Gasteiger partial charge in [-0.2, -0.15) is 5.10 Å². The lowest BCUT2D eigenvalue weighted by Gasteiger charge is -2.19. The first kappa shape index (κ1) is 26.0. The fourth-order valence-corrected chi connectivity index (χ4v) is 4.37. The SMILES string of the molecule is COc1cccc(/C=N/NC(=O)CSc2nnc(-c3ccc(C(C)(C)C)cc3)n2-c2ccccc2)c1O. The van der Waals surface area contributed by atoms with Crippen LogP contribution in [0.2, 0.25) is 0 Å². The van der Waals surface area contributed by atoms with Gasteiger partial charge in [-0.25, -0.2) is 5.43 Å². The number of nitrogens with zero attached hydrogens (tertiary/aromatic N) is 4. The summed E-state index contributed by atoms with van der Waals surface area (Å²) < 4.78 is 7.03. The van der Waals surface area contributed by atoms with E-state index in [0.717, 1.165) is 11.3 Å². The molecule has 8 nitrogen and oxygen atoms in total. The molecule has 0 fully saturated rings. The van der Waals surface area contributed by atoms with Crippen LogP contribution in [0.15, 0.2) is 83.1 Å². The third-order valence-electron chi connectivity index (χ3n) is 5.63. The summed E-state index contributed by atoms with van der Waals surface area (Å²) in [6.45, 7) is 6.53. The van der Waals surface area contributed by atoms with Crippen LogP contribution in [0, 0.1) is 0 Å². The molecule has 4 rings (SSSR count). The Hall–Kier alpha value is -4.11. The van der Waals surface area contributed by atoms with Gasteiger partial charge in [0.2, 0.25) is 0 Å². The van der Waals surface area contributed by atoms with Crippen molar-refractivity contribution in [2.75, 3.05) is 12.9 Å². The lowest BCUT2D eigenvalue weighted by molar-refractivity contribution is -0.118. The molecule has 2 N–H and O–H groups in total. The molecule has 0 spiro atoms. The second kappa shape index (κ2) is 11.3. The van der Waals surface area contributed by atoms with Gasteiger partial charge < -0.3 is 9.84 Å². The number of rotatable bonds is 8. The normalized spacial score (nSPS) is 11.6. The fraction of sp³-hybridized carbons (Fsp3) is 0.214. The zero-order valence-corrected chi connectivity index (χ0v) is 22.0. The van der Waals surface area contributed by atoms with Gasteiger partial charge in [0.05, 0.1) is 19.1 Å². The predicted octanol–water partition coefficient (Wildman–Crippen LogP) is 5.19. The van der Waals surface area contributed by atoms with Crippen molar-refractivity contribution in [3.8, 4) is 28.6 Å². The molecular formula is C28H29N5O3S. The second-order valence-corrected chi connectivity index (χ2v) is 10.2. The Morgan fingerprint density at radius 1 is 1.05 bits per heavy atom.